The minimum atomic E-state index is -0.209. The van der Waals surface area contributed by atoms with Gasteiger partial charge >= 0.3 is 0 Å². The second-order valence-electron chi connectivity index (χ2n) is 4.83. The molecule has 0 saturated heterocycles. The molecular formula is C17H20FNO. The van der Waals surface area contributed by atoms with E-state index in [0.717, 1.165) is 22.6 Å². The molecule has 0 radical (unpaired) electrons. The van der Waals surface area contributed by atoms with Crippen LogP contribution in [0.5, 0.6) is 5.75 Å². The molecular weight excluding hydrogens is 253 g/mol. The number of benzene rings is 2. The van der Waals surface area contributed by atoms with Gasteiger partial charge in [-0.3, -0.25) is 0 Å². The Morgan fingerprint density at radius 2 is 2.00 bits per heavy atom. The van der Waals surface area contributed by atoms with E-state index < -0.39 is 0 Å². The highest BCUT2D eigenvalue weighted by Gasteiger charge is 2.08. The molecule has 106 valence electrons. The van der Waals surface area contributed by atoms with Crippen molar-refractivity contribution < 1.29 is 9.13 Å². The third kappa shape index (κ3) is 3.50. The molecule has 20 heavy (non-hydrogen) atoms. The molecule has 0 spiro atoms. The SMILES string of the molecule is CCOc1ccc(NC(C)c2cccc(F)c2)c(C)c1. The van der Waals surface area contributed by atoms with Gasteiger partial charge in [0.15, 0.2) is 0 Å². The van der Waals surface area contributed by atoms with Crippen LogP contribution in [0.25, 0.3) is 0 Å². The summed E-state index contributed by atoms with van der Waals surface area (Å²) in [5, 5.41) is 3.40. The van der Waals surface area contributed by atoms with Gasteiger partial charge in [-0.2, -0.15) is 0 Å². The summed E-state index contributed by atoms with van der Waals surface area (Å²) >= 11 is 0. The van der Waals surface area contributed by atoms with Crippen molar-refractivity contribution >= 4 is 5.69 Å². The first-order valence-corrected chi connectivity index (χ1v) is 6.85. The van der Waals surface area contributed by atoms with Crippen molar-refractivity contribution in [3.63, 3.8) is 0 Å². The predicted molar refractivity (Wildman–Crippen MR) is 80.8 cm³/mol. The smallest absolute Gasteiger partial charge is 0.123 e. The van der Waals surface area contributed by atoms with E-state index in [4.69, 9.17) is 4.74 Å². The van der Waals surface area contributed by atoms with Crippen LogP contribution in [0.4, 0.5) is 10.1 Å². The molecule has 0 aliphatic heterocycles. The molecule has 0 fully saturated rings. The summed E-state index contributed by atoms with van der Waals surface area (Å²) in [6.07, 6.45) is 0. The van der Waals surface area contributed by atoms with Crippen molar-refractivity contribution in [3.05, 3.63) is 59.4 Å². The Kier molecular flexibility index (Phi) is 4.61. The van der Waals surface area contributed by atoms with Crippen molar-refractivity contribution in [2.24, 2.45) is 0 Å². The predicted octanol–water partition coefficient (Wildman–Crippen LogP) is 4.71. The zero-order valence-electron chi connectivity index (χ0n) is 12.1. The Morgan fingerprint density at radius 3 is 2.65 bits per heavy atom. The Hall–Kier alpha value is -2.03. The van der Waals surface area contributed by atoms with E-state index in [-0.39, 0.29) is 11.9 Å². The normalized spacial score (nSPS) is 12.0. The maximum absolute atomic E-state index is 13.2. The lowest BCUT2D eigenvalue weighted by molar-refractivity contribution is 0.340. The third-order valence-corrected chi connectivity index (χ3v) is 3.23. The highest BCUT2D eigenvalue weighted by Crippen LogP contribution is 2.25. The molecule has 2 rings (SSSR count). The van der Waals surface area contributed by atoms with Crippen LogP contribution in [0.1, 0.15) is 31.0 Å². The van der Waals surface area contributed by atoms with Crippen LogP contribution in [0.2, 0.25) is 0 Å². The molecule has 0 aromatic heterocycles. The number of halogens is 1. The molecule has 2 aromatic rings. The van der Waals surface area contributed by atoms with Gasteiger partial charge in [-0.15, -0.1) is 0 Å². The molecule has 3 heteroatoms. The molecule has 0 aliphatic carbocycles. The van der Waals surface area contributed by atoms with Crippen molar-refractivity contribution in [2.75, 3.05) is 11.9 Å². The standard InChI is InChI=1S/C17H20FNO/c1-4-20-16-8-9-17(12(2)10-16)19-13(3)14-6-5-7-15(18)11-14/h5-11,13,19H,4H2,1-3H3. The van der Waals surface area contributed by atoms with E-state index in [2.05, 4.69) is 5.32 Å². The molecule has 0 heterocycles. The van der Waals surface area contributed by atoms with Gasteiger partial charge < -0.3 is 10.1 Å². The van der Waals surface area contributed by atoms with E-state index >= 15 is 0 Å². The second-order valence-corrected chi connectivity index (χ2v) is 4.83. The van der Waals surface area contributed by atoms with E-state index in [1.54, 1.807) is 12.1 Å². The summed E-state index contributed by atoms with van der Waals surface area (Å²) in [5.74, 6) is 0.661. The highest BCUT2D eigenvalue weighted by atomic mass is 19.1. The zero-order valence-corrected chi connectivity index (χ0v) is 12.1. The highest BCUT2D eigenvalue weighted by molar-refractivity contribution is 5.54. The van der Waals surface area contributed by atoms with Crippen LogP contribution in [-0.4, -0.2) is 6.61 Å². The van der Waals surface area contributed by atoms with Gasteiger partial charge in [-0.1, -0.05) is 12.1 Å². The Bertz CT molecular complexity index is 583. The summed E-state index contributed by atoms with van der Waals surface area (Å²) in [7, 11) is 0. The number of hydrogen-bond acceptors (Lipinski definition) is 2. The lowest BCUT2D eigenvalue weighted by atomic mass is 10.1. The first-order chi connectivity index (χ1) is 9.60. The second kappa shape index (κ2) is 6.42. The average Bonchev–Trinajstić information content (AvgIpc) is 2.42. The number of rotatable bonds is 5. The summed E-state index contributed by atoms with van der Waals surface area (Å²) in [6.45, 7) is 6.67. The molecule has 0 amide bonds. The molecule has 0 bridgehead atoms. The quantitative estimate of drug-likeness (QED) is 0.852. The molecule has 2 nitrogen and oxygen atoms in total. The molecule has 1 N–H and O–H groups in total. The van der Waals surface area contributed by atoms with Gasteiger partial charge in [0.1, 0.15) is 11.6 Å². The van der Waals surface area contributed by atoms with Crippen LogP contribution >= 0.6 is 0 Å². The number of anilines is 1. The maximum Gasteiger partial charge on any atom is 0.123 e. The summed E-state index contributed by atoms with van der Waals surface area (Å²) in [5.41, 5.74) is 3.07. The van der Waals surface area contributed by atoms with Crippen molar-refractivity contribution in [1.82, 2.24) is 0 Å². The van der Waals surface area contributed by atoms with Crippen molar-refractivity contribution in [3.8, 4) is 5.75 Å². The molecule has 0 saturated carbocycles. The first-order valence-electron chi connectivity index (χ1n) is 6.85. The molecule has 0 aliphatic rings. The summed E-state index contributed by atoms with van der Waals surface area (Å²) in [4.78, 5) is 0. The Morgan fingerprint density at radius 1 is 1.20 bits per heavy atom. The number of aryl methyl sites for hydroxylation is 1. The fourth-order valence-electron chi connectivity index (χ4n) is 2.15. The minimum Gasteiger partial charge on any atom is -0.494 e. The van der Waals surface area contributed by atoms with Gasteiger partial charge in [0.2, 0.25) is 0 Å². The third-order valence-electron chi connectivity index (χ3n) is 3.23. The molecule has 2 aromatic carbocycles. The fourth-order valence-corrected chi connectivity index (χ4v) is 2.15. The summed E-state index contributed by atoms with van der Waals surface area (Å²) in [6, 6.07) is 12.7. The maximum atomic E-state index is 13.2. The van der Waals surface area contributed by atoms with Crippen LogP contribution < -0.4 is 10.1 Å². The zero-order chi connectivity index (χ0) is 14.5. The van der Waals surface area contributed by atoms with Gasteiger partial charge in [-0.05, 0) is 62.2 Å². The van der Waals surface area contributed by atoms with Crippen LogP contribution in [0.15, 0.2) is 42.5 Å². The monoisotopic (exact) mass is 273 g/mol. The first kappa shape index (κ1) is 14.4. The number of ether oxygens (including phenoxy) is 1. The lowest BCUT2D eigenvalue weighted by Crippen LogP contribution is -2.08. The van der Waals surface area contributed by atoms with Gasteiger partial charge in [0.05, 0.1) is 6.61 Å². The van der Waals surface area contributed by atoms with Crippen molar-refractivity contribution in [2.45, 2.75) is 26.8 Å². The van der Waals surface area contributed by atoms with Gasteiger partial charge in [0, 0.05) is 11.7 Å². The van der Waals surface area contributed by atoms with Crippen LogP contribution in [0.3, 0.4) is 0 Å². The number of hydrogen-bond donors (Lipinski definition) is 1. The fraction of sp³-hybridized carbons (Fsp3) is 0.294. The topological polar surface area (TPSA) is 21.3 Å². The lowest BCUT2D eigenvalue weighted by Gasteiger charge is -2.18. The Balaban J connectivity index is 2.13. The largest absolute Gasteiger partial charge is 0.494 e. The number of nitrogens with one attached hydrogen (secondary N) is 1. The Labute approximate surface area is 119 Å². The van der Waals surface area contributed by atoms with Crippen LogP contribution in [-0.2, 0) is 0 Å². The van der Waals surface area contributed by atoms with Crippen molar-refractivity contribution in [1.29, 1.82) is 0 Å². The molecule has 1 unspecified atom stereocenters. The van der Waals surface area contributed by atoms with E-state index in [1.165, 1.54) is 6.07 Å². The van der Waals surface area contributed by atoms with Crippen LogP contribution in [0, 0.1) is 12.7 Å². The van der Waals surface area contributed by atoms with E-state index in [0.29, 0.717) is 6.61 Å². The van der Waals surface area contributed by atoms with E-state index in [9.17, 15) is 4.39 Å². The molecule has 1 atom stereocenters. The van der Waals surface area contributed by atoms with Gasteiger partial charge in [0.25, 0.3) is 0 Å². The minimum absolute atomic E-state index is 0.0438. The summed E-state index contributed by atoms with van der Waals surface area (Å²) < 4.78 is 18.7. The van der Waals surface area contributed by atoms with E-state index in [1.807, 2.05) is 45.0 Å². The van der Waals surface area contributed by atoms with Gasteiger partial charge in [-0.25, -0.2) is 4.39 Å². The average molecular weight is 273 g/mol.